The number of rotatable bonds is 1. The molecule has 1 saturated heterocycles. The molecule has 1 heterocycles. The van der Waals surface area contributed by atoms with Crippen LogP contribution in [0.2, 0.25) is 0 Å². The van der Waals surface area contributed by atoms with Crippen molar-refractivity contribution < 1.29 is 0 Å². The van der Waals surface area contributed by atoms with Crippen molar-refractivity contribution >= 4 is 0 Å². The lowest BCUT2D eigenvalue weighted by Crippen LogP contribution is -2.33. The summed E-state index contributed by atoms with van der Waals surface area (Å²) in [6, 6.07) is 0. The number of hydrogen-bond acceptors (Lipinski definition) is 1. The van der Waals surface area contributed by atoms with Crippen LogP contribution in [-0.2, 0) is 0 Å². The van der Waals surface area contributed by atoms with E-state index < -0.39 is 0 Å². The third kappa shape index (κ3) is 1.66. The van der Waals surface area contributed by atoms with Crippen LogP contribution in [0.15, 0.2) is 0 Å². The summed E-state index contributed by atoms with van der Waals surface area (Å²) < 4.78 is 0. The van der Waals surface area contributed by atoms with Gasteiger partial charge in [-0.05, 0) is 39.3 Å². The molecule has 1 rings (SSSR count). The van der Waals surface area contributed by atoms with Gasteiger partial charge in [0.1, 0.15) is 0 Å². The van der Waals surface area contributed by atoms with E-state index in [2.05, 4.69) is 5.32 Å². The Morgan fingerprint density at radius 3 is 2.44 bits per heavy atom. The normalized spacial score (nSPS) is 29.0. The molecule has 1 fully saturated rings. The number of hydrogen-bond donors (Lipinski definition) is 1. The van der Waals surface area contributed by atoms with E-state index in [-0.39, 0.29) is 5.54 Å². The smallest absolute Gasteiger partial charge is 0.0308 e. The molecule has 1 unspecified atom stereocenters. The van der Waals surface area contributed by atoms with Gasteiger partial charge >= 0.3 is 0 Å². The van der Waals surface area contributed by atoms with E-state index >= 15 is 0 Å². The highest BCUT2D eigenvalue weighted by atomic mass is 14.9. The Labute approximate surface area is 56.8 Å². The van der Waals surface area contributed by atoms with Crippen LogP contribution in [-0.4, -0.2) is 18.6 Å². The monoisotopic (exact) mass is 127 g/mol. The lowest BCUT2D eigenvalue weighted by atomic mass is 9.88. The topological polar surface area (TPSA) is 35.8 Å². The fourth-order valence-corrected chi connectivity index (χ4v) is 1.27. The van der Waals surface area contributed by atoms with Crippen molar-refractivity contribution in [3.05, 3.63) is 0 Å². The van der Waals surface area contributed by atoms with Crippen molar-refractivity contribution in [1.82, 2.24) is 11.1 Å². The molecule has 0 aromatic heterocycles. The molecule has 2 nitrogen and oxygen atoms in total. The molecule has 0 bridgehead atoms. The maximum absolute atomic E-state index is 7.69. The summed E-state index contributed by atoms with van der Waals surface area (Å²) in [5, 5.41) is 3.26. The molecule has 53 valence electrons. The summed E-state index contributed by atoms with van der Waals surface area (Å²) in [4.78, 5) is 0. The van der Waals surface area contributed by atoms with Crippen molar-refractivity contribution in [2.75, 3.05) is 13.1 Å². The zero-order chi connectivity index (χ0) is 6.91. The summed E-state index contributed by atoms with van der Waals surface area (Å²) >= 11 is 0. The van der Waals surface area contributed by atoms with Gasteiger partial charge in [0, 0.05) is 5.54 Å². The summed E-state index contributed by atoms with van der Waals surface area (Å²) in [5.41, 5.74) is 7.46. The van der Waals surface area contributed by atoms with Gasteiger partial charge < -0.3 is 5.32 Å². The van der Waals surface area contributed by atoms with E-state index in [0.717, 1.165) is 13.1 Å². The Balaban J connectivity index is 2.42. The molecule has 0 aliphatic carbocycles. The van der Waals surface area contributed by atoms with Crippen LogP contribution in [0.25, 0.3) is 0 Å². The molecule has 1 atom stereocenters. The van der Waals surface area contributed by atoms with Gasteiger partial charge in [0.15, 0.2) is 0 Å². The lowest BCUT2D eigenvalue weighted by molar-refractivity contribution is 0.334. The Bertz CT molecular complexity index is 87.6. The van der Waals surface area contributed by atoms with E-state index in [1.54, 1.807) is 0 Å². The molecule has 0 amide bonds. The van der Waals surface area contributed by atoms with Crippen molar-refractivity contribution in [1.29, 1.82) is 0 Å². The van der Waals surface area contributed by atoms with Crippen molar-refractivity contribution in [2.45, 2.75) is 25.8 Å². The molecule has 0 aromatic rings. The molecule has 9 heavy (non-hydrogen) atoms. The Morgan fingerprint density at radius 2 is 2.22 bits per heavy atom. The Kier molecular flexibility index (Phi) is 1.78. The average Bonchev–Trinajstić information content (AvgIpc) is 2.08. The zero-order valence-electron chi connectivity index (χ0n) is 6.20. The van der Waals surface area contributed by atoms with Crippen LogP contribution in [0, 0.1) is 5.92 Å². The summed E-state index contributed by atoms with van der Waals surface area (Å²) in [6.45, 7) is 6.12. The molecule has 1 aliphatic heterocycles. The molecule has 0 spiro atoms. The van der Waals surface area contributed by atoms with E-state index in [1.165, 1.54) is 6.42 Å². The van der Waals surface area contributed by atoms with Crippen LogP contribution in [0.5, 0.6) is 0 Å². The minimum absolute atomic E-state index is 0.233. The van der Waals surface area contributed by atoms with E-state index in [9.17, 15) is 0 Å². The number of nitrogens with one attached hydrogen (secondary N) is 2. The fraction of sp³-hybridized carbons (Fsp3) is 1.00. The van der Waals surface area contributed by atoms with Crippen LogP contribution >= 0.6 is 0 Å². The lowest BCUT2D eigenvalue weighted by Gasteiger charge is -2.24. The van der Waals surface area contributed by atoms with Gasteiger partial charge in [-0.1, -0.05) is 0 Å². The molecule has 0 saturated carbocycles. The first-order valence-corrected chi connectivity index (χ1v) is 3.56. The maximum atomic E-state index is 7.69. The van der Waals surface area contributed by atoms with Crippen LogP contribution < -0.4 is 11.1 Å². The first kappa shape index (κ1) is 7.03. The van der Waals surface area contributed by atoms with Crippen LogP contribution in [0.4, 0.5) is 0 Å². The maximum Gasteiger partial charge on any atom is 0.0308 e. The predicted molar refractivity (Wildman–Crippen MR) is 38.2 cm³/mol. The Morgan fingerprint density at radius 1 is 1.56 bits per heavy atom. The molecule has 1 radical (unpaired) electrons. The van der Waals surface area contributed by atoms with Crippen LogP contribution in [0.3, 0.4) is 0 Å². The SMILES string of the molecule is CC(C)([NH])C1CCNC1. The summed E-state index contributed by atoms with van der Waals surface area (Å²) in [6.07, 6.45) is 1.18. The van der Waals surface area contributed by atoms with Gasteiger partial charge in [-0.2, -0.15) is 0 Å². The summed E-state index contributed by atoms with van der Waals surface area (Å²) in [5.74, 6) is 0.567. The highest BCUT2D eigenvalue weighted by Crippen LogP contribution is 2.20. The van der Waals surface area contributed by atoms with Gasteiger partial charge in [0.05, 0.1) is 0 Å². The quantitative estimate of drug-likeness (QED) is 0.551. The van der Waals surface area contributed by atoms with Gasteiger partial charge in [-0.25, -0.2) is 0 Å². The highest BCUT2D eigenvalue weighted by molar-refractivity contribution is 4.86. The van der Waals surface area contributed by atoms with Crippen LogP contribution in [0.1, 0.15) is 20.3 Å². The van der Waals surface area contributed by atoms with Crippen molar-refractivity contribution in [3.8, 4) is 0 Å². The molecule has 2 N–H and O–H groups in total. The molecule has 1 aliphatic rings. The van der Waals surface area contributed by atoms with E-state index in [1.807, 2.05) is 13.8 Å². The first-order chi connectivity index (χ1) is 4.11. The Hall–Kier alpha value is -0.0800. The summed E-state index contributed by atoms with van der Waals surface area (Å²) in [7, 11) is 0. The van der Waals surface area contributed by atoms with E-state index in [0.29, 0.717) is 5.92 Å². The second-order valence-corrected chi connectivity index (χ2v) is 3.41. The van der Waals surface area contributed by atoms with Gasteiger partial charge in [-0.3, -0.25) is 5.73 Å². The molecule has 0 aromatic carbocycles. The second-order valence-electron chi connectivity index (χ2n) is 3.41. The highest BCUT2D eigenvalue weighted by Gasteiger charge is 2.28. The predicted octanol–water partition coefficient (Wildman–Crippen LogP) is 0.657. The molecular formula is C7H15N2. The third-order valence-electron chi connectivity index (χ3n) is 2.08. The van der Waals surface area contributed by atoms with Gasteiger partial charge in [0.2, 0.25) is 0 Å². The van der Waals surface area contributed by atoms with E-state index in [4.69, 9.17) is 5.73 Å². The molecule has 2 heteroatoms. The van der Waals surface area contributed by atoms with Crippen molar-refractivity contribution in [3.63, 3.8) is 0 Å². The zero-order valence-corrected chi connectivity index (χ0v) is 6.20. The molecular weight excluding hydrogens is 112 g/mol. The first-order valence-electron chi connectivity index (χ1n) is 3.56. The largest absolute Gasteiger partial charge is 0.316 e. The van der Waals surface area contributed by atoms with Gasteiger partial charge in [0.25, 0.3) is 0 Å². The fourth-order valence-electron chi connectivity index (χ4n) is 1.27. The van der Waals surface area contributed by atoms with Gasteiger partial charge in [-0.15, -0.1) is 0 Å². The average molecular weight is 127 g/mol. The minimum Gasteiger partial charge on any atom is -0.316 e. The van der Waals surface area contributed by atoms with Crippen molar-refractivity contribution in [2.24, 2.45) is 5.92 Å². The second kappa shape index (κ2) is 2.27. The third-order valence-corrected chi connectivity index (χ3v) is 2.08. The standard InChI is InChI=1S/C7H15N2/c1-7(2,8)6-3-4-9-5-6/h6,8-9H,3-5H2,1-2H3. The minimum atomic E-state index is -0.233.